The minimum absolute atomic E-state index is 0.0586. The number of fused-ring (bicyclic) bond motifs is 1. The molecule has 1 heterocycles. The smallest absolute Gasteiger partial charge is 0.248 e. The number of amides is 1. The Hall–Kier alpha value is -3.96. The van der Waals surface area contributed by atoms with Crippen LogP contribution in [-0.2, 0) is 0 Å². The van der Waals surface area contributed by atoms with Crippen LogP contribution in [0.25, 0.3) is 22.9 Å². The predicted octanol–water partition coefficient (Wildman–Crippen LogP) is 5.55. The van der Waals surface area contributed by atoms with E-state index < -0.39 is 5.91 Å². The molecule has 0 bridgehead atoms. The summed E-state index contributed by atoms with van der Waals surface area (Å²) in [7, 11) is 0. The number of nitrogens with two attached hydrogens (primary N) is 1. The number of hydrogen-bond acceptors (Lipinski definition) is 4. The molecule has 4 rings (SSSR count). The van der Waals surface area contributed by atoms with Gasteiger partial charge in [0.2, 0.25) is 5.91 Å². The molecule has 0 aliphatic rings. The van der Waals surface area contributed by atoms with Crippen molar-refractivity contribution in [3.8, 4) is 5.75 Å². The van der Waals surface area contributed by atoms with Gasteiger partial charge in [0, 0.05) is 18.0 Å². The van der Waals surface area contributed by atoms with Crippen LogP contribution in [-0.4, -0.2) is 22.2 Å². The zero-order valence-electron chi connectivity index (χ0n) is 16.5. The topological polar surface area (TPSA) is 100 Å². The number of carbonyl (C=O) groups excluding carboxylic acids is 1. The summed E-state index contributed by atoms with van der Waals surface area (Å²) in [6.45, 7) is 0. The first-order chi connectivity index (χ1) is 15.0. The summed E-state index contributed by atoms with van der Waals surface area (Å²) in [6.07, 6.45) is 7.26. The fraction of sp³-hybridized carbons (Fsp3) is 0. The first kappa shape index (κ1) is 21.7. The molecule has 0 atom stereocenters. The van der Waals surface area contributed by atoms with Crippen LogP contribution in [0, 0.1) is 5.41 Å². The van der Waals surface area contributed by atoms with Crippen LogP contribution in [0.4, 0.5) is 0 Å². The third kappa shape index (κ3) is 5.56. The van der Waals surface area contributed by atoms with E-state index in [0.29, 0.717) is 0 Å². The molecule has 0 radical (unpaired) electrons. The molecule has 0 spiro atoms. The third-order valence-corrected chi connectivity index (χ3v) is 4.80. The van der Waals surface area contributed by atoms with Crippen molar-refractivity contribution < 1.29 is 9.90 Å². The summed E-state index contributed by atoms with van der Waals surface area (Å²) in [5, 5.41) is 18.8. The van der Waals surface area contributed by atoms with Gasteiger partial charge in [-0.1, -0.05) is 60.1 Å². The lowest BCUT2D eigenvalue weighted by Gasteiger charge is -2.05. The summed E-state index contributed by atoms with van der Waals surface area (Å²) in [5.41, 5.74) is 8.25. The maximum absolute atomic E-state index is 10.5. The highest BCUT2D eigenvalue weighted by Crippen LogP contribution is 2.24. The number of phenolic OH excluding ortho intramolecular Hbond substituents is 1. The number of aromatic nitrogens is 1. The number of pyridine rings is 1. The summed E-state index contributed by atoms with van der Waals surface area (Å²) >= 11 is 5.50. The monoisotopic (exact) mass is 429 g/mol. The van der Waals surface area contributed by atoms with E-state index >= 15 is 0 Å². The van der Waals surface area contributed by atoms with Crippen LogP contribution in [0.15, 0.2) is 79.0 Å². The highest BCUT2D eigenvalue weighted by Gasteiger charge is 2.03. The summed E-state index contributed by atoms with van der Waals surface area (Å²) in [4.78, 5) is 14.8. The molecule has 4 aromatic rings. The molecule has 0 saturated carbocycles. The van der Waals surface area contributed by atoms with Crippen LogP contribution in [0.1, 0.15) is 27.2 Å². The van der Waals surface area contributed by atoms with E-state index in [9.17, 15) is 4.79 Å². The first-order valence-electron chi connectivity index (χ1n) is 9.39. The van der Waals surface area contributed by atoms with E-state index in [1.54, 1.807) is 6.20 Å². The quantitative estimate of drug-likeness (QED) is 0.371. The van der Waals surface area contributed by atoms with Crippen LogP contribution < -0.4 is 5.73 Å². The highest BCUT2D eigenvalue weighted by atomic mass is 35.5. The van der Waals surface area contributed by atoms with E-state index in [4.69, 9.17) is 27.9 Å². The molecule has 154 valence electrons. The van der Waals surface area contributed by atoms with Gasteiger partial charge in [-0.05, 0) is 58.3 Å². The number of benzene rings is 3. The summed E-state index contributed by atoms with van der Waals surface area (Å²) < 4.78 is 0. The van der Waals surface area contributed by atoms with Gasteiger partial charge in [-0.25, -0.2) is 0 Å². The lowest BCUT2D eigenvalue weighted by Crippen LogP contribution is -2.10. The van der Waals surface area contributed by atoms with Crippen molar-refractivity contribution in [3.05, 3.63) is 106 Å². The molecule has 0 unspecified atom stereocenters. The second kappa shape index (κ2) is 10.2. The molecule has 0 aliphatic carbocycles. The molecular weight excluding hydrogens is 410 g/mol. The number of halogens is 1. The zero-order chi connectivity index (χ0) is 22.2. The van der Waals surface area contributed by atoms with Gasteiger partial charge in [0.15, 0.2) is 0 Å². The number of nitrogens with zero attached hydrogens (tertiary/aromatic N) is 1. The van der Waals surface area contributed by atoms with Crippen LogP contribution >= 0.6 is 11.6 Å². The van der Waals surface area contributed by atoms with Crippen molar-refractivity contribution >= 4 is 46.6 Å². The highest BCUT2D eigenvalue weighted by molar-refractivity contribution is 6.32. The van der Waals surface area contributed by atoms with Gasteiger partial charge in [0.05, 0.1) is 10.7 Å². The van der Waals surface area contributed by atoms with Crippen LogP contribution in [0.3, 0.4) is 0 Å². The summed E-state index contributed by atoms with van der Waals surface area (Å²) in [6, 6.07) is 22.1. The Morgan fingerprint density at radius 1 is 0.935 bits per heavy atom. The zero-order valence-corrected chi connectivity index (χ0v) is 17.3. The van der Waals surface area contributed by atoms with Gasteiger partial charge in [0.1, 0.15) is 5.75 Å². The minimum atomic E-state index is -0.563. The molecule has 1 amide bonds. The standard InChI is InChI=1S/C18H14N2.C7H6ClNO2/c19-13-15-9-8-14(17-6-1-2-7-18(15)17)10-11-16-5-3-4-12-20-16;8-5-3-4(7(9)11)1-2-6(5)10/h1-13,19H;1-3,10H,(H2,9,11)/b11-10+,19-13?;. The number of hydrogen-bond donors (Lipinski definition) is 3. The van der Waals surface area contributed by atoms with Gasteiger partial charge < -0.3 is 16.2 Å². The lowest BCUT2D eigenvalue weighted by atomic mass is 9.99. The van der Waals surface area contributed by atoms with E-state index in [0.717, 1.165) is 27.6 Å². The predicted molar refractivity (Wildman–Crippen MR) is 127 cm³/mol. The Bertz CT molecular complexity index is 1250. The number of carbonyl (C=O) groups is 1. The van der Waals surface area contributed by atoms with Gasteiger partial charge >= 0.3 is 0 Å². The second-order valence-corrected chi connectivity index (χ2v) is 6.96. The SMILES string of the molecule is N=Cc1ccc(/C=C/c2ccccn2)c2ccccc12.NC(=O)c1ccc(O)c(Cl)c1. The maximum atomic E-state index is 10.5. The normalized spacial score (nSPS) is 10.5. The Morgan fingerprint density at radius 2 is 1.61 bits per heavy atom. The number of primary amides is 1. The Kier molecular flexibility index (Phi) is 7.14. The number of phenols is 1. The number of aromatic hydroxyl groups is 1. The van der Waals surface area contributed by atoms with Crippen molar-refractivity contribution in [1.29, 1.82) is 5.41 Å². The van der Waals surface area contributed by atoms with Gasteiger partial charge in [0.25, 0.3) is 0 Å². The fourth-order valence-electron chi connectivity index (χ4n) is 2.93. The summed E-state index contributed by atoms with van der Waals surface area (Å²) in [5.74, 6) is -0.622. The molecule has 6 heteroatoms. The number of rotatable bonds is 4. The fourth-order valence-corrected chi connectivity index (χ4v) is 3.11. The van der Waals surface area contributed by atoms with Crippen molar-refractivity contribution in [1.82, 2.24) is 4.98 Å². The molecule has 0 fully saturated rings. The van der Waals surface area contributed by atoms with Crippen LogP contribution in [0.5, 0.6) is 5.75 Å². The van der Waals surface area contributed by atoms with Gasteiger partial charge in [-0.3, -0.25) is 9.78 Å². The van der Waals surface area contributed by atoms with Gasteiger partial charge in [-0.15, -0.1) is 0 Å². The van der Waals surface area contributed by atoms with Gasteiger partial charge in [-0.2, -0.15) is 0 Å². The molecule has 31 heavy (non-hydrogen) atoms. The third-order valence-electron chi connectivity index (χ3n) is 4.50. The molecule has 1 aromatic heterocycles. The van der Waals surface area contributed by atoms with E-state index in [1.165, 1.54) is 24.4 Å². The van der Waals surface area contributed by atoms with E-state index in [2.05, 4.69) is 17.1 Å². The average Bonchev–Trinajstić information content (AvgIpc) is 2.80. The minimum Gasteiger partial charge on any atom is -0.506 e. The lowest BCUT2D eigenvalue weighted by molar-refractivity contribution is 0.100. The Balaban J connectivity index is 0.000000210. The molecule has 0 saturated heterocycles. The van der Waals surface area contributed by atoms with E-state index in [-0.39, 0.29) is 16.3 Å². The molecule has 5 nitrogen and oxygen atoms in total. The van der Waals surface area contributed by atoms with E-state index in [1.807, 2.05) is 54.6 Å². The first-order valence-corrected chi connectivity index (χ1v) is 9.77. The number of nitrogens with one attached hydrogen (secondary N) is 1. The average molecular weight is 430 g/mol. The molecule has 3 aromatic carbocycles. The Labute approximate surface area is 185 Å². The molecule has 4 N–H and O–H groups in total. The molecular formula is C25H20ClN3O2. The Morgan fingerprint density at radius 3 is 2.23 bits per heavy atom. The van der Waals surface area contributed by atoms with Crippen molar-refractivity contribution in [2.24, 2.45) is 5.73 Å². The van der Waals surface area contributed by atoms with Crippen molar-refractivity contribution in [2.75, 3.05) is 0 Å². The molecule has 0 aliphatic heterocycles. The van der Waals surface area contributed by atoms with Crippen LogP contribution in [0.2, 0.25) is 5.02 Å². The second-order valence-electron chi connectivity index (χ2n) is 6.55. The van der Waals surface area contributed by atoms with Crippen molar-refractivity contribution in [3.63, 3.8) is 0 Å². The largest absolute Gasteiger partial charge is 0.506 e. The van der Waals surface area contributed by atoms with Crippen molar-refractivity contribution in [2.45, 2.75) is 0 Å². The maximum Gasteiger partial charge on any atom is 0.248 e.